The second kappa shape index (κ2) is 11.4. The molecule has 0 heterocycles. The summed E-state index contributed by atoms with van der Waals surface area (Å²) in [6.45, 7) is 4.06. The molecule has 0 spiro atoms. The molecule has 0 aliphatic heterocycles. The van der Waals surface area contributed by atoms with Gasteiger partial charge in [0, 0.05) is 24.5 Å². The summed E-state index contributed by atoms with van der Waals surface area (Å²) in [5, 5.41) is 7.09. The highest BCUT2D eigenvalue weighted by Crippen LogP contribution is 2.17. The van der Waals surface area contributed by atoms with Crippen LogP contribution in [0.4, 0.5) is 11.4 Å². The molecule has 0 aliphatic rings. The fourth-order valence-electron chi connectivity index (χ4n) is 3.07. The number of rotatable bonds is 10. The molecule has 0 saturated carbocycles. The Hall–Kier alpha value is -3.80. The Morgan fingerprint density at radius 1 is 1.00 bits per heavy atom. The highest BCUT2D eigenvalue weighted by molar-refractivity contribution is 5.84. The van der Waals surface area contributed by atoms with Gasteiger partial charge in [0.25, 0.3) is 5.91 Å². The number of carbonyl (C=O) groups excluding carboxylic acids is 1. The van der Waals surface area contributed by atoms with E-state index in [9.17, 15) is 4.79 Å². The van der Waals surface area contributed by atoms with Gasteiger partial charge in [0.15, 0.2) is 0 Å². The highest BCUT2D eigenvalue weighted by Gasteiger charge is 2.05. The van der Waals surface area contributed by atoms with E-state index in [1.807, 2.05) is 42.5 Å². The molecule has 3 rings (SSSR count). The Morgan fingerprint density at radius 3 is 2.35 bits per heavy atom. The van der Waals surface area contributed by atoms with Crippen LogP contribution < -0.4 is 20.4 Å². The van der Waals surface area contributed by atoms with Gasteiger partial charge < -0.3 is 15.0 Å². The zero-order valence-corrected chi connectivity index (χ0v) is 17.9. The molecule has 31 heavy (non-hydrogen) atoms. The van der Waals surface area contributed by atoms with Gasteiger partial charge in [-0.2, -0.15) is 5.10 Å². The quantitative estimate of drug-likeness (QED) is 0.382. The minimum absolute atomic E-state index is 0.132. The first-order chi connectivity index (χ1) is 15.2. The van der Waals surface area contributed by atoms with Crippen molar-refractivity contribution in [2.24, 2.45) is 5.10 Å². The maximum Gasteiger partial charge on any atom is 0.259 e. The van der Waals surface area contributed by atoms with Crippen molar-refractivity contribution < 1.29 is 9.53 Å². The third-order valence-electron chi connectivity index (χ3n) is 4.80. The normalized spacial score (nSPS) is 10.6. The summed E-state index contributed by atoms with van der Waals surface area (Å²) in [7, 11) is 1.62. The molecule has 2 N–H and O–H groups in total. The van der Waals surface area contributed by atoms with Gasteiger partial charge in [-0.15, -0.1) is 0 Å². The van der Waals surface area contributed by atoms with Gasteiger partial charge in [-0.25, -0.2) is 5.43 Å². The van der Waals surface area contributed by atoms with E-state index >= 15 is 0 Å². The zero-order chi connectivity index (χ0) is 21.9. The zero-order valence-electron chi connectivity index (χ0n) is 17.9. The molecule has 0 saturated heterocycles. The van der Waals surface area contributed by atoms with Crippen molar-refractivity contribution in [1.29, 1.82) is 0 Å². The highest BCUT2D eigenvalue weighted by atomic mass is 16.5. The van der Waals surface area contributed by atoms with Crippen LogP contribution in [0.25, 0.3) is 0 Å². The molecule has 160 valence electrons. The fourth-order valence-corrected chi connectivity index (χ4v) is 3.07. The van der Waals surface area contributed by atoms with Crippen LogP contribution in [0.1, 0.15) is 18.1 Å². The van der Waals surface area contributed by atoms with Crippen molar-refractivity contribution in [3.63, 3.8) is 0 Å². The number of hydrogen-bond donors (Lipinski definition) is 2. The van der Waals surface area contributed by atoms with Crippen LogP contribution in [0.5, 0.6) is 5.75 Å². The van der Waals surface area contributed by atoms with Crippen molar-refractivity contribution in [2.45, 2.75) is 13.5 Å². The number of hydrogen-bond acceptors (Lipinski definition) is 5. The Kier molecular flexibility index (Phi) is 8.05. The number of benzene rings is 3. The Morgan fingerprint density at radius 2 is 1.71 bits per heavy atom. The number of hydrazone groups is 1. The van der Waals surface area contributed by atoms with Gasteiger partial charge in [-0.3, -0.25) is 4.79 Å². The topological polar surface area (TPSA) is 66.0 Å². The molecule has 0 fully saturated rings. The Bertz CT molecular complexity index is 971. The van der Waals surface area contributed by atoms with Crippen LogP contribution in [-0.2, 0) is 11.3 Å². The first kappa shape index (κ1) is 21.9. The maximum absolute atomic E-state index is 12.0. The average Bonchev–Trinajstić information content (AvgIpc) is 2.83. The van der Waals surface area contributed by atoms with Gasteiger partial charge in [0.05, 0.1) is 19.9 Å². The lowest BCUT2D eigenvalue weighted by Gasteiger charge is -2.23. The third kappa shape index (κ3) is 6.89. The molecule has 3 aromatic rings. The maximum atomic E-state index is 12.0. The first-order valence-corrected chi connectivity index (χ1v) is 10.3. The average molecular weight is 417 g/mol. The minimum atomic E-state index is -0.219. The number of amides is 1. The molecule has 1 amide bonds. The number of anilines is 2. The first-order valence-electron chi connectivity index (χ1n) is 10.3. The van der Waals surface area contributed by atoms with Crippen LogP contribution in [0.2, 0.25) is 0 Å². The Balaban J connectivity index is 1.47. The van der Waals surface area contributed by atoms with Crippen molar-refractivity contribution in [3.05, 3.63) is 90.0 Å². The number of nitrogens with one attached hydrogen (secondary N) is 2. The molecular formula is C25H28N4O2. The van der Waals surface area contributed by atoms with E-state index in [2.05, 4.69) is 64.1 Å². The minimum Gasteiger partial charge on any atom is -0.497 e. The number of carbonyl (C=O) groups is 1. The molecule has 0 aromatic heterocycles. The molecule has 0 radical (unpaired) electrons. The van der Waals surface area contributed by atoms with Crippen LogP contribution in [0.3, 0.4) is 0 Å². The molecule has 0 aliphatic carbocycles. The van der Waals surface area contributed by atoms with E-state index in [4.69, 9.17) is 4.74 Å². The van der Waals surface area contributed by atoms with Crippen LogP contribution in [-0.4, -0.2) is 32.3 Å². The smallest absolute Gasteiger partial charge is 0.259 e. The number of methoxy groups -OCH3 is 1. The largest absolute Gasteiger partial charge is 0.497 e. The Labute approximate surface area is 183 Å². The summed E-state index contributed by atoms with van der Waals surface area (Å²) in [4.78, 5) is 14.3. The van der Waals surface area contributed by atoms with Crippen molar-refractivity contribution in [1.82, 2.24) is 5.43 Å². The van der Waals surface area contributed by atoms with Crippen molar-refractivity contribution >= 4 is 23.5 Å². The molecular weight excluding hydrogens is 388 g/mol. The number of ether oxygens (including phenoxy) is 1. The lowest BCUT2D eigenvalue weighted by atomic mass is 10.1. The summed E-state index contributed by atoms with van der Waals surface area (Å²) in [5.41, 5.74) is 6.72. The van der Waals surface area contributed by atoms with E-state index in [0.717, 1.165) is 35.8 Å². The van der Waals surface area contributed by atoms with Crippen LogP contribution in [0.15, 0.2) is 84.0 Å². The molecule has 0 bridgehead atoms. The van der Waals surface area contributed by atoms with Gasteiger partial charge in [-0.1, -0.05) is 42.5 Å². The lowest BCUT2D eigenvalue weighted by molar-refractivity contribution is -0.119. The second-order valence-electron chi connectivity index (χ2n) is 6.97. The van der Waals surface area contributed by atoms with Gasteiger partial charge >= 0.3 is 0 Å². The standard InChI is InChI=1S/C25H28N4O2/c1-3-29(19-21-7-5-4-6-8-21)23-13-9-20(10-14-23)17-27-28-25(30)18-26-22-11-15-24(31-2)16-12-22/h4-17,26H,3,18-19H2,1-2H3,(H,28,30)/b27-17-. The van der Waals surface area contributed by atoms with E-state index < -0.39 is 0 Å². The van der Waals surface area contributed by atoms with Gasteiger partial charge in [-0.05, 0) is 54.4 Å². The molecule has 6 heteroatoms. The lowest BCUT2D eigenvalue weighted by Crippen LogP contribution is -2.25. The van der Waals surface area contributed by atoms with Gasteiger partial charge in [0.2, 0.25) is 0 Å². The number of nitrogens with zero attached hydrogens (tertiary/aromatic N) is 2. The van der Waals surface area contributed by atoms with E-state index in [0.29, 0.717) is 0 Å². The summed E-state index contributed by atoms with van der Waals surface area (Å²) >= 11 is 0. The SMILES string of the molecule is CCN(Cc1ccccc1)c1ccc(/C=N\NC(=O)CNc2ccc(OC)cc2)cc1. The van der Waals surface area contributed by atoms with Crippen LogP contribution >= 0.6 is 0 Å². The van der Waals surface area contributed by atoms with Gasteiger partial charge in [0.1, 0.15) is 5.75 Å². The van der Waals surface area contributed by atoms with Crippen molar-refractivity contribution in [3.8, 4) is 5.75 Å². The summed E-state index contributed by atoms with van der Waals surface area (Å²) in [6.07, 6.45) is 1.64. The van der Waals surface area contributed by atoms with E-state index in [1.54, 1.807) is 13.3 Å². The predicted molar refractivity (Wildman–Crippen MR) is 127 cm³/mol. The van der Waals surface area contributed by atoms with E-state index in [1.165, 1.54) is 5.56 Å². The molecule has 3 aromatic carbocycles. The van der Waals surface area contributed by atoms with Crippen LogP contribution in [0, 0.1) is 0 Å². The third-order valence-corrected chi connectivity index (χ3v) is 4.80. The fraction of sp³-hybridized carbons (Fsp3) is 0.200. The van der Waals surface area contributed by atoms with E-state index in [-0.39, 0.29) is 12.5 Å². The predicted octanol–water partition coefficient (Wildman–Crippen LogP) is 4.28. The summed E-state index contributed by atoms with van der Waals surface area (Å²) in [6, 6.07) is 25.9. The summed E-state index contributed by atoms with van der Waals surface area (Å²) < 4.78 is 5.11. The van der Waals surface area contributed by atoms with Crippen molar-refractivity contribution in [2.75, 3.05) is 30.4 Å². The monoisotopic (exact) mass is 416 g/mol. The summed E-state index contributed by atoms with van der Waals surface area (Å²) in [5.74, 6) is 0.552. The second-order valence-corrected chi connectivity index (χ2v) is 6.97. The molecule has 6 nitrogen and oxygen atoms in total. The molecule has 0 unspecified atom stereocenters. The molecule has 0 atom stereocenters.